The molecule has 4 heteroatoms. The summed E-state index contributed by atoms with van der Waals surface area (Å²) in [5.41, 5.74) is 1.61. The van der Waals surface area contributed by atoms with Crippen LogP contribution in [-0.2, 0) is 0 Å². The van der Waals surface area contributed by atoms with Crippen molar-refractivity contribution in [2.75, 3.05) is 19.6 Å². The minimum absolute atomic E-state index is 0.178. The van der Waals surface area contributed by atoms with E-state index in [1.54, 1.807) is 12.1 Å². The van der Waals surface area contributed by atoms with Crippen molar-refractivity contribution in [1.29, 1.82) is 15.8 Å². The summed E-state index contributed by atoms with van der Waals surface area (Å²) in [5, 5.41) is 24.7. The Morgan fingerprint density at radius 2 is 1.62 bits per heavy atom. The summed E-state index contributed by atoms with van der Waals surface area (Å²) >= 11 is 0. The molecule has 0 atom stereocenters. The normalized spacial score (nSPS) is 15.4. The first-order valence-electron chi connectivity index (χ1n) is 8.26. The lowest BCUT2D eigenvalue weighted by atomic mass is 9.78. The molecular weight excluding hydrogens is 296 g/mol. The van der Waals surface area contributed by atoms with Gasteiger partial charge in [-0.25, -0.2) is 0 Å². The van der Waals surface area contributed by atoms with Crippen LogP contribution in [-0.4, -0.2) is 24.5 Å². The smallest absolute Gasteiger partial charge is 0.0985 e. The van der Waals surface area contributed by atoms with Crippen LogP contribution in [0.2, 0.25) is 0 Å². The van der Waals surface area contributed by atoms with Crippen LogP contribution >= 0.6 is 0 Å². The predicted octanol–water partition coefficient (Wildman–Crippen LogP) is 4.75. The first kappa shape index (κ1) is 23.9. The van der Waals surface area contributed by atoms with E-state index in [1.807, 2.05) is 26.0 Å². The minimum Gasteiger partial charge on any atom is -0.299 e. The van der Waals surface area contributed by atoms with Crippen LogP contribution in [0.4, 0.5) is 0 Å². The number of rotatable bonds is 5. The SMILES string of the molecule is C=C(C#N)/C=C\C(=C)CN1CCC(C)(CC#N)CC1.CC.CC#N. The average Bonchev–Trinajstić information content (AvgIpc) is 2.57. The number of nitrogens with zero attached hydrogens (tertiary/aromatic N) is 4. The van der Waals surface area contributed by atoms with Gasteiger partial charge < -0.3 is 0 Å². The van der Waals surface area contributed by atoms with E-state index >= 15 is 0 Å². The third-order valence-electron chi connectivity index (χ3n) is 3.66. The molecule has 0 amide bonds. The molecule has 0 aromatic carbocycles. The molecule has 1 heterocycles. The van der Waals surface area contributed by atoms with Crippen molar-refractivity contribution in [3.63, 3.8) is 0 Å². The van der Waals surface area contributed by atoms with Gasteiger partial charge in [-0.1, -0.05) is 40.0 Å². The molecule has 0 N–H and O–H groups in total. The Bertz CT molecular complexity index is 529. The molecule has 0 aromatic rings. The number of nitriles is 3. The van der Waals surface area contributed by atoms with Crippen molar-refractivity contribution in [3.05, 3.63) is 36.5 Å². The standard InChI is InChI=1S/C16H21N3.C2H3N.C2H6/c1-14(12-18)4-5-15(2)13-19-10-7-16(3,6-9-17)8-11-19;1-2-3;1-2/h4-5H,1-2,6-8,10-11,13H2,3H3;1H3;1-2H3/b5-4-;;. The number of piperidine rings is 1. The first-order chi connectivity index (χ1) is 11.4. The summed E-state index contributed by atoms with van der Waals surface area (Å²) in [6.45, 7) is 18.0. The molecule has 0 unspecified atom stereocenters. The summed E-state index contributed by atoms with van der Waals surface area (Å²) < 4.78 is 0. The lowest BCUT2D eigenvalue weighted by molar-refractivity contribution is 0.130. The van der Waals surface area contributed by atoms with Gasteiger partial charge in [0.2, 0.25) is 0 Å². The molecule has 4 nitrogen and oxygen atoms in total. The fourth-order valence-electron chi connectivity index (χ4n) is 2.21. The molecule has 0 aromatic heterocycles. The second-order valence-electron chi connectivity index (χ2n) is 5.77. The molecule has 1 aliphatic rings. The Kier molecular flexibility index (Phi) is 14.2. The Morgan fingerprint density at radius 1 is 1.12 bits per heavy atom. The second-order valence-corrected chi connectivity index (χ2v) is 5.77. The average molecular weight is 326 g/mol. The van der Waals surface area contributed by atoms with Crippen LogP contribution in [0.15, 0.2) is 36.5 Å². The zero-order valence-electron chi connectivity index (χ0n) is 15.6. The van der Waals surface area contributed by atoms with Crippen LogP contribution in [0.1, 0.15) is 47.0 Å². The highest BCUT2D eigenvalue weighted by Gasteiger charge is 2.29. The molecule has 24 heavy (non-hydrogen) atoms. The van der Waals surface area contributed by atoms with Gasteiger partial charge in [-0.2, -0.15) is 15.8 Å². The summed E-state index contributed by atoms with van der Waals surface area (Å²) in [6.07, 6.45) is 6.31. The monoisotopic (exact) mass is 326 g/mol. The van der Waals surface area contributed by atoms with E-state index in [2.05, 4.69) is 31.1 Å². The van der Waals surface area contributed by atoms with E-state index in [1.165, 1.54) is 6.92 Å². The molecule has 1 aliphatic heterocycles. The highest BCUT2D eigenvalue weighted by Crippen LogP contribution is 2.33. The lowest BCUT2D eigenvalue weighted by Gasteiger charge is -2.38. The van der Waals surface area contributed by atoms with Gasteiger partial charge in [-0.3, -0.25) is 4.90 Å². The van der Waals surface area contributed by atoms with Crippen LogP contribution in [0.5, 0.6) is 0 Å². The summed E-state index contributed by atoms with van der Waals surface area (Å²) in [5.74, 6) is 0. The van der Waals surface area contributed by atoms with Crippen molar-refractivity contribution in [3.8, 4) is 18.2 Å². The summed E-state index contributed by atoms with van der Waals surface area (Å²) in [4.78, 5) is 2.35. The van der Waals surface area contributed by atoms with Crippen LogP contribution in [0, 0.1) is 39.4 Å². The topological polar surface area (TPSA) is 74.6 Å². The van der Waals surface area contributed by atoms with Crippen molar-refractivity contribution >= 4 is 0 Å². The molecule has 1 fully saturated rings. The van der Waals surface area contributed by atoms with Gasteiger partial charge in [-0.15, -0.1) is 0 Å². The van der Waals surface area contributed by atoms with Gasteiger partial charge in [0, 0.05) is 25.5 Å². The molecule has 0 aliphatic carbocycles. The molecule has 1 rings (SSSR count). The largest absolute Gasteiger partial charge is 0.299 e. The quantitative estimate of drug-likeness (QED) is 0.539. The Balaban J connectivity index is 0. The molecule has 0 spiro atoms. The van der Waals surface area contributed by atoms with Gasteiger partial charge in [0.1, 0.15) is 0 Å². The van der Waals surface area contributed by atoms with E-state index in [0.717, 1.165) is 38.0 Å². The van der Waals surface area contributed by atoms with Crippen molar-refractivity contribution < 1.29 is 0 Å². The van der Waals surface area contributed by atoms with E-state index in [4.69, 9.17) is 15.8 Å². The van der Waals surface area contributed by atoms with E-state index in [9.17, 15) is 0 Å². The highest BCUT2D eigenvalue weighted by atomic mass is 15.1. The van der Waals surface area contributed by atoms with Crippen LogP contribution < -0.4 is 0 Å². The molecule has 0 bridgehead atoms. The second kappa shape index (κ2) is 14.3. The number of hydrogen-bond acceptors (Lipinski definition) is 4. The third kappa shape index (κ3) is 11.2. The third-order valence-corrected chi connectivity index (χ3v) is 3.66. The fourth-order valence-corrected chi connectivity index (χ4v) is 2.21. The maximum absolute atomic E-state index is 8.82. The summed E-state index contributed by atoms with van der Waals surface area (Å²) in [6, 6.07) is 6.02. The van der Waals surface area contributed by atoms with Gasteiger partial charge in [0.05, 0.1) is 18.2 Å². The van der Waals surface area contributed by atoms with Gasteiger partial charge >= 0.3 is 0 Å². The number of likely N-dealkylation sites (tertiary alicyclic amines) is 1. The van der Waals surface area contributed by atoms with E-state index in [0.29, 0.717) is 12.0 Å². The Hall–Kier alpha value is -2.35. The maximum atomic E-state index is 8.82. The predicted molar refractivity (Wildman–Crippen MR) is 99.7 cm³/mol. The molecule has 0 saturated carbocycles. The van der Waals surface area contributed by atoms with E-state index < -0.39 is 0 Å². The molecule has 1 saturated heterocycles. The van der Waals surface area contributed by atoms with Crippen molar-refractivity contribution in [2.45, 2.75) is 47.0 Å². The van der Waals surface area contributed by atoms with Gasteiger partial charge in [0.15, 0.2) is 0 Å². The highest BCUT2D eigenvalue weighted by molar-refractivity contribution is 5.33. The van der Waals surface area contributed by atoms with Crippen LogP contribution in [0.3, 0.4) is 0 Å². The van der Waals surface area contributed by atoms with Crippen LogP contribution in [0.25, 0.3) is 0 Å². The minimum atomic E-state index is 0.178. The van der Waals surface area contributed by atoms with Crippen molar-refractivity contribution in [2.24, 2.45) is 5.41 Å². The summed E-state index contributed by atoms with van der Waals surface area (Å²) in [7, 11) is 0. The zero-order valence-corrected chi connectivity index (χ0v) is 15.6. The fraction of sp³-hybridized carbons (Fsp3) is 0.550. The van der Waals surface area contributed by atoms with Crippen molar-refractivity contribution in [1.82, 2.24) is 4.90 Å². The molecule has 0 radical (unpaired) electrons. The number of allylic oxidation sites excluding steroid dienone is 2. The number of hydrogen-bond donors (Lipinski definition) is 0. The molecule has 130 valence electrons. The van der Waals surface area contributed by atoms with Gasteiger partial charge in [0.25, 0.3) is 0 Å². The maximum Gasteiger partial charge on any atom is 0.0985 e. The Morgan fingerprint density at radius 3 is 2.04 bits per heavy atom. The molecular formula is C20H30N4. The Labute approximate surface area is 148 Å². The first-order valence-corrected chi connectivity index (χ1v) is 8.26. The van der Waals surface area contributed by atoms with E-state index in [-0.39, 0.29) is 5.41 Å². The zero-order chi connectivity index (χ0) is 19.0. The lowest BCUT2D eigenvalue weighted by Crippen LogP contribution is -2.39. The van der Waals surface area contributed by atoms with Gasteiger partial charge in [-0.05, 0) is 43.0 Å².